The lowest BCUT2D eigenvalue weighted by Gasteiger charge is -2.32. The molecule has 1 atom stereocenters. The summed E-state index contributed by atoms with van der Waals surface area (Å²) in [4.78, 5) is 15.0. The van der Waals surface area contributed by atoms with E-state index in [0.29, 0.717) is 24.8 Å². The minimum Gasteiger partial charge on any atom is -0.493 e. The molecule has 0 unspecified atom stereocenters. The molecule has 0 N–H and O–H groups in total. The van der Waals surface area contributed by atoms with Crippen LogP contribution in [-0.4, -0.2) is 30.5 Å². The summed E-state index contributed by atoms with van der Waals surface area (Å²) in [6, 6.07) is 14.2. The number of benzene rings is 2. The highest BCUT2D eigenvalue weighted by molar-refractivity contribution is 5.99. The number of nitrogens with zero attached hydrogens (tertiary/aromatic N) is 1. The van der Waals surface area contributed by atoms with E-state index in [2.05, 4.69) is 25.1 Å². The van der Waals surface area contributed by atoms with Gasteiger partial charge in [0.1, 0.15) is 11.3 Å². The number of hydrogen-bond acceptors (Lipinski definition) is 3. The number of piperidine rings is 1. The van der Waals surface area contributed by atoms with Crippen LogP contribution in [0.3, 0.4) is 0 Å². The summed E-state index contributed by atoms with van der Waals surface area (Å²) >= 11 is 0. The van der Waals surface area contributed by atoms with Crippen LogP contribution in [0, 0.1) is 26.7 Å². The van der Waals surface area contributed by atoms with E-state index < -0.39 is 0 Å². The number of fused-ring (bicyclic) bond motifs is 1. The molecular formula is C24H27NO3. The molecule has 1 aliphatic heterocycles. The van der Waals surface area contributed by atoms with E-state index in [9.17, 15) is 4.79 Å². The number of carbonyl (C=O) groups excluding carboxylic acids is 1. The highest BCUT2D eigenvalue weighted by Crippen LogP contribution is 2.28. The Kier molecular flexibility index (Phi) is 5.12. The SMILES string of the molecule is Cc1ccc(OC[C@H]2CCCN(C(=O)c3oc4cc(C)ccc4c3C)C2)cc1. The maximum atomic E-state index is 13.1. The second-order valence-corrected chi connectivity index (χ2v) is 7.94. The molecule has 0 bridgehead atoms. The van der Waals surface area contributed by atoms with Crippen LogP contribution in [0.25, 0.3) is 11.0 Å². The van der Waals surface area contributed by atoms with Crippen molar-refractivity contribution < 1.29 is 13.9 Å². The fraction of sp³-hybridized carbons (Fsp3) is 0.375. The van der Waals surface area contributed by atoms with E-state index >= 15 is 0 Å². The van der Waals surface area contributed by atoms with Crippen molar-refractivity contribution in [2.24, 2.45) is 5.92 Å². The Morgan fingerprint density at radius 3 is 2.64 bits per heavy atom. The fourth-order valence-corrected chi connectivity index (χ4v) is 3.91. The molecule has 4 rings (SSSR count). The van der Waals surface area contributed by atoms with Crippen molar-refractivity contribution in [3.05, 3.63) is 64.9 Å². The van der Waals surface area contributed by atoms with E-state index in [1.807, 2.05) is 43.0 Å². The number of ether oxygens (including phenoxy) is 1. The van der Waals surface area contributed by atoms with Crippen molar-refractivity contribution in [3.63, 3.8) is 0 Å². The summed E-state index contributed by atoms with van der Waals surface area (Å²) in [5, 5.41) is 1.02. The van der Waals surface area contributed by atoms with E-state index in [-0.39, 0.29) is 5.91 Å². The second kappa shape index (κ2) is 7.70. The number of likely N-dealkylation sites (tertiary alicyclic amines) is 1. The zero-order chi connectivity index (χ0) is 19.7. The zero-order valence-corrected chi connectivity index (χ0v) is 16.8. The molecule has 0 saturated carbocycles. The van der Waals surface area contributed by atoms with Gasteiger partial charge in [-0.25, -0.2) is 0 Å². The Hall–Kier alpha value is -2.75. The monoisotopic (exact) mass is 377 g/mol. The van der Waals surface area contributed by atoms with Crippen molar-refractivity contribution in [2.75, 3.05) is 19.7 Å². The van der Waals surface area contributed by atoms with Crippen molar-refractivity contribution >= 4 is 16.9 Å². The summed E-state index contributed by atoms with van der Waals surface area (Å²) in [6.07, 6.45) is 2.07. The number of rotatable bonds is 4. The molecule has 4 nitrogen and oxygen atoms in total. The molecule has 1 fully saturated rings. The fourth-order valence-electron chi connectivity index (χ4n) is 3.91. The van der Waals surface area contributed by atoms with Gasteiger partial charge in [-0.15, -0.1) is 0 Å². The lowest BCUT2D eigenvalue weighted by Crippen LogP contribution is -2.41. The van der Waals surface area contributed by atoms with Gasteiger partial charge in [0.15, 0.2) is 5.76 Å². The summed E-state index contributed by atoms with van der Waals surface area (Å²) in [7, 11) is 0. The van der Waals surface area contributed by atoms with E-state index in [4.69, 9.17) is 9.15 Å². The lowest BCUT2D eigenvalue weighted by molar-refractivity contribution is 0.0603. The van der Waals surface area contributed by atoms with Crippen molar-refractivity contribution in [1.29, 1.82) is 0 Å². The van der Waals surface area contributed by atoms with E-state index in [1.165, 1.54) is 5.56 Å². The van der Waals surface area contributed by atoms with Crippen LogP contribution in [0.15, 0.2) is 46.9 Å². The van der Waals surface area contributed by atoms with Crippen LogP contribution in [0.2, 0.25) is 0 Å². The van der Waals surface area contributed by atoms with E-state index in [1.54, 1.807) is 0 Å². The molecular weight excluding hydrogens is 350 g/mol. The van der Waals surface area contributed by atoms with Gasteiger partial charge in [0, 0.05) is 30.0 Å². The highest BCUT2D eigenvalue weighted by atomic mass is 16.5. The molecule has 28 heavy (non-hydrogen) atoms. The van der Waals surface area contributed by atoms with Gasteiger partial charge in [-0.1, -0.05) is 29.8 Å². The molecule has 0 spiro atoms. The minimum absolute atomic E-state index is 0.00797. The normalized spacial score (nSPS) is 17.1. The quantitative estimate of drug-likeness (QED) is 0.620. The Morgan fingerprint density at radius 2 is 1.86 bits per heavy atom. The maximum Gasteiger partial charge on any atom is 0.289 e. The molecule has 1 aliphatic rings. The van der Waals surface area contributed by atoms with Crippen LogP contribution in [0.1, 0.15) is 40.1 Å². The molecule has 3 aromatic rings. The Balaban J connectivity index is 1.44. The Labute approximate surface area is 166 Å². The lowest BCUT2D eigenvalue weighted by atomic mass is 9.98. The molecule has 0 aliphatic carbocycles. The summed E-state index contributed by atoms with van der Waals surface area (Å²) in [6.45, 7) is 8.18. The van der Waals surface area contributed by atoms with Crippen LogP contribution >= 0.6 is 0 Å². The van der Waals surface area contributed by atoms with Crippen molar-refractivity contribution in [1.82, 2.24) is 4.90 Å². The third kappa shape index (κ3) is 3.77. The number of carbonyl (C=O) groups is 1. The zero-order valence-electron chi connectivity index (χ0n) is 16.8. The summed E-state index contributed by atoms with van der Waals surface area (Å²) in [5.74, 6) is 1.69. The molecule has 146 valence electrons. The van der Waals surface area contributed by atoms with Crippen LogP contribution < -0.4 is 4.74 Å². The predicted molar refractivity (Wildman–Crippen MR) is 111 cm³/mol. The number of furan rings is 1. The van der Waals surface area contributed by atoms with E-state index in [0.717, 1.165) is 47.2 Å². The largest absolute Gasteiger partial charge is 0.493 e. The summed E-state index contributed by atoms with van der Waals surface area (Å²) in [5.41, 5.74) is 4.07. The molecule has 4 heteroatoms. The maximum absolute atomic E-state index is 13.1. The second-order valence-electron chi connectivity index (χ2n) is 7.94. The number of hydrogen-bond donors (Lipinski definition) is 0. The molecule has 2 heterocycles. The van der Waals surface area contributed by atoms with Gasteiger partial charge in [-0.3, -0.25) is 4.79 Å². The van der Waals surface area contributed by atoms with Crippen LogP contribution in [0.5, 0.6) is 5.75 Å². The molecule has 1 saturated heterocycles. The third-order valence-corrected chi connectivity index (χ3v) is 5.60. The molecule has 2 aromatic carbocycles. The molecule has 1 amide bonds. The third-order valence-electron chi connectivity index (χ3n) is 5.60. The first-order valence-corrected chi connectivity index (χ1v) is 10.00. The van der Waals surface area contributed by atoms with Crippen molar-refractivity contribution in [2.45, 2.75) is 33.6 Å². The van der Waals surface area contributed by atoms with Crippen LogP contribution in [0.4, 0.5) is 0 Å². The van der Waals surface area contributed by atoms with Gasteiger partial charge >= 0.3 is 0 Å². The van der Waals surface area contributed by atoms with Gasteiger partial charge in [0.05, 0.1) is 6.61 Å². The smallest absolute Gasteiger partial charge is 0.289 e. The Bertz CT molecular complexity index is 987. The molecule has 1 aromatic heterocycles. The van der Waals surface area contributed by atoms with Gasteiger partial charge in [0.2, 0.25) is 0 Å². The first kappa shape index (κ1) is 18.6. The van der Waals surface area contributed by atoms with Gasteiger partial charge in [-0.2, -0.15) is 0 Å². The van der Waals surface area contributed by atoms with Crippen LogP contribution in [-0.2, 0) is 0 Å². The minimum atomic E-state index is -0.00797. The standard InChI is InChI=1S/C24H27NO3/c1-16-6-9-20(10-7-16)27-15-19-5-4-12-25(14-19)24(26)23-18(3)21-11-8-17(2)13-22(21)28-23/h6-11,13,19H,4-5,12,14-15H2,1-3H3/t19-/m0/s1. The average Bonchev–Trinajstić information content (AvgIpc) is 3.03. The van der Waals surface area contributed by atoms with Crippen molar-refractivity contribution in [3.8, 4) is 5.75 Å². The van der Waals surface area contributed by atoms with Gasteiger partial charge in [0.25, 0.3) is 5.91 Å². The number of aryl methyl sites for hydroxylation is 3. The summed E-state index contributed by atoms with van der Waals surface area (Å²) < 4.78 is 11.9. The highest BCUT2D eigenvalue weighted by Gasteiger charge is 2.28. The predicted octanol–water partition coefficient (Wildman–Crippen LogP) is 5.29. The Morgan fingerprint density at radius 1 is 1.11 bits per heavy atom. The average molecular weight is 377 g/mol. The first-order valence-electron chi connectivity index (χ1n) is 10.00. The molecule has 0 radical (unpaired) electrons. The van der Waals surface area contributed by atoms with Gasteiger partial charge < -0.3 is 14.1 Å². The van der Waals surface area contributed by atoms with Gasteiger partial charge in [-0.05, 0) is 57.4 Å². The number of amides is 1. The topological polar surface area (TPSA) is 42.7 Å². The first-order chi connectivity index (χ1) is 13.5.